The molecule has 0 saturated heterocycles. The van der Waals surface area contributed by atoms with Crippen LogP contribution < -0.4 is 5.32 Å². The number of hydrogen-bond acceptors (Lipinski definition) is 3. The van der Waals surface area contributed by atoms with Gasteiger partial charge < -0.3 is 15.0 Å². The summed E-state index contributed by atoms with van der Waals surface area (Å²) < 4.78 is 14.8. The summed E-state index contributed by atoms with van der Waals surface area (Å²) in [6.07, 6.45) is 5.00. The van der Waals surface area contributed by atoms with E-state index in [2.05, 4.69) is 10.3 Å². The fourth-order valence-corrected chi connectivity index (χ4v) is 1.67. The Labute approximate surface area is 113 Å². The van der Waals surface area contributed by atoms with Gasteiger partial charge in [0.05, 0.1) is 17.6 Å². The number of halogens is 1. The molecular formula is C13H12FN3O3. The first kappa shape index (κ1) is 13.7. The lowest BCUT2D eigenvalue weighted by Crippen LogP contribution is -2.16. The molecule has 1 heterocycles. The first-order valence-corrected chi connectivity index (χ1v) is 5.84. The van der Waals surface area contributed by atoms with Crippen molar-refractivity contribution in [3.8, 4) is 0 Å². The number of anilines is 1. The van der Waals surface area contributed by atoms with Gasteiger partial charge in [-0.3, -0.25) is 4.79 Å². The number of hydrogen-bond donors (Lipinski definition) is 2. The Morgan fingerprint density at radius 1 is 1.40 bits per heavy atom. The van der Waals surface area contributed by atoms with Crippen molar-refractivity contribution >= 4 is 17.6 Å². The highest BCUT2D eigenvalue weighted by Crippen LogP contribution is 2.17. The van der Waals surface area contributed by atoms with Crippen molar-refractivity contribution in [3.63, 3.8) is 0 Å². The van der Waals surface area contributed by atoms with Crippen LogP contribution in [-0.4, -0.2) is 26.5 Å². The third-order valence-corrected chi connectivity index (χ3v) is 2.64. The van der Waals surface area contributed by atoms with Gasteiger partial charge in [-0.1, -0.05) is 0 Å². The fraction of sp³-hybridized carbons (Fsp3) is 0.154. The maximum atomic E-state index is 13.1. The van der Waals surface area contributed by atoms with Crippen molar-refractivity contribution < 1.29 is 19.1 Å². The van der Waals surface area contributed by atoms with Gasteiger partial charge in [-0.15, -0.1) is 0 Å². The zero-order valence-electron chi connectivity index (χ0n) is 10.4. The normalized spacial score (nSPS) is 10.2. The SMILES string of the molecule is O=C(CCn1ccnc1)Nc1cc(F)ccc1C(=O)O. The molecule has 0 saturated carbocycles. The molecule has 1 aromatic carbocycles. The van der Waals surface area contributed by atoms with E-state index in [1.165, 1.54) is 0 Å². The topological polar surface area (TPSA) is 84.2 Å². The minimum absolute atomic E-state index is 0.0480. The minimum atomic E-state index is -1.23. The van der Waals surface area contributed by atoms with Crippen LogP contribution in [0.15, 0.2) is 36.9 Å². The molecule has 1 amide bonds. The molecule has 2 aromatic rings. The van der Waals surface area contributed by atoms with Crippen LogP contribution in [0.2, 0.25) is 0 Å². The lowest BCUT2D eigenvalue weighted by Gasteiger charge is -2.09. The molecule has 0 bridgehead atoms. The Morgan fingerprint density at radius 2 is 2.20 bits per heavy atom. The summed E-state index contributed by atoms with van der Waals surface area (Å²) in [5, 5.41) is 11.4. The van der Waals surface area contributed by atoms with Crippen LogP contribution >= 0.6 is 0 Å². The van der Waals surface area contributed by atoms with Crippen LogP contribution in [0.4, 0.5) is 10.1 Å². The molecule has 0 fully saturated rings. The van der Waals surface area contributed by atoms with E-state index in [-0.39, 0.29) is 17.7 Å². The van der Waals surface area contributed by atoms with Crippen LogP contribution in [0.25, 0.3) is 0 Å². The first-order chi connectivity index (χ1) is 9.56. The molecule has 7 heteroatoms. The van der Waals surface area contributed by atoms with E-state index in [0.29, 0.717) is 6.54 Å². The van der Waals surface area contributed by atoms with E-state index in [1.807, 2.05) is 0 Å². The third kappa shape index (κ3) is 3.41. The lowest BCUT2D eigenvalue weighted by molar-refractivity contribution is -0.116. The number of carbonyl (C=O) groups is 2. The van der Waals surface area contributed by atoms with Crippen LogP contribution in [-0.2, 0) is 11.3 Å². The number of aryl methyl sites for hydroxylation is 1. The van der Waals surface area contributed by atoms with Crippen molar-refractivity contribution in [1.29, 1.82) is 0 Å². The van der Waals surface area contributed by atoms with Gasteiger partial charge in [0, 0.05) is 25.4 Å². The van der Waals surface area contributed by atoms with Crippen molar-refractivity contribution in [2.75, 3.05) is 5.32 Å². The van der Waals surface area contributed by atoms with Crippen molar-refractivity contribution in [2.24, 2.45) is 0 Å². The number of nitrogens with one attached hydrogen (secondary N) is 1. The highest BCUT2D eigenvalue weighted by Gasteiger charge is 2.13. The van der Waals surface area contributed by atoms with Crippen LogP contribution in [0.3, 0.4) is 0 Å². The monoisotopic (exact) mass is 277 g/mol. The Bertz CT molecular complexity index is 626. The summed E-state index contributed by atoms with van der Waals surface area (Å²) in [4.78, 5) is 26.5. The summed E-state index contributed by atoms with van der Waals surface area (Å²) >= 11 is 0. The van der Waals surface area contributed by atoms with E-state index < -0.39 is 17.7 Å². The molecule has 20 heavy (non-hydrogen) atoms. The molecule has 0 aliphatic heterocycles. The number of aromatic nitrogens is 2. The Morgan fingerprint density at radius 3 is 2.85 bits per heavy atom. The molecule has 2 rings (SSSR count). The molecule has 0 aliphatic carbocycles. The zero-order valence-corrected chi connectivity index (χ0v) is 10.4. The van der Waals surface area contributed by atoms with Gasteiger partial charge in [0.2, 0.25) is 5.91 Å². The first-order valence-electron chi connectivity index (χ1n) is 5.84. The molecular weight excluding hydrogens is 265 g/mol. The van der Waals surface area contributed by atoms with Gasteiger partial charge in [0.15, 0.2) is 0 Å². The number of aromatic carboxylic acids is 1. The van der Waals surface area contributed by atoms with Crippen LogP contribution in [0, 0.1) is 5.82 Å². The molecule has 0 radical (unpaired) electrons. The Kier molecular flexibility index (Phi) is 4.09. The molecule has 1 aromatic heterocycles. The van der Waals surface area contributed by atoms with Crippen molar-refractivity contribution in [1.82, 2.24) is 9.55 Å². The largest absolute Gasteiger partial charge is 0.478 e. The average Bonchev–Trinajstić information content (AvgIpc) is 2.89. The van der Waals surface area contributed by atoms with E-state index >= 15 is 0 Å². The highest BCUT2D eigenvalue weighted by atomic mass is 19.1. The average molecular weight is 277 g/mol. The molecule has 6 nitrogen and oxygen atoms in total. The van der Waals surface area contributed by atoms with Crippen LogP contribution in [0.1, 0.15) is 16.8 Å². The lowest BCUT2D eigenvalue weighted by atomic mass is 10.1. The number of carbonyl (C=O) groups excluding carboxylic acids is 1. The zero-order chi connectivity index (χ0) is 14.5. The quantitative estimate of drug-likeness (QED) is 0.872. The molecule has 0 spiro atoms. The van der Waals surface area contributed by atoms with E-state index in [1.54, 1.807) is 23.3 Å². The van der Waals surface area contributed by atoms with Crippen molar-refractivity contribution in [3.05, 3.63) is 48.3 Å². The Hall–Kier alpha value is -2.70. The summed E-state index contributed by atoms with van der Waals surface area (Å²) in [6, 6.07) is 3.13. The van der Waals surface area contributed by atoms with Crippen LogP contribution in [0.5, 0.6) is 0 Å². The van der Waals surface area contributed by atoms with Gasteiger partial charge in [0.25, 0.3) is 0 Å². The summed E-state index contributed by atoms with van der Waals surface area (Å²) in [5.41, 5.74) is -0.199. The van der Waals surface area contributed by atoms with E-state index in [0.717, 1.165) is 18.2 Å². The summed E-state index contributed by atoms with van der Waals surface area (Å²) in [7, 11) is 0. The maximum Gasteiger partial charge on any atom is 0.337 e. The number of imidazole rings is 1. The molecule has 2 N–H and O–H groups in total. The number of carboxylic acids is 1. The minimum Gasteiger partial charge on any atom is -0.478 e. The van der Waals surface area contributed by atoms with Gasteiger partial charge in [-0.25, -0.2) is 14.2 Å². The second-order valence-electron chi connectivity index (χ2n) is 4.09. The third-order valence-electron chi connectivity index (χ3n) is 2.64. The number of amides is 1. The summed E-state index contributed by atoms with van der Waals surface area (Å²) in [6.45, 7) is 0.406. The predicted octanol–water partition coefficient (Wildman–Crippen LogP) is 1.75. The van der Waals surface area contributed by atoms with Gasteiger partial charge >= 0.3 is 5.97 Å². The molecule has 0 atom stereocenters. The standard InChI is InChI=1S/C13H12FN3O3/c14-9-1-2-10(13(19)20)11(7-9)16-12(18)3-5-17-6-4-15-8-17/h1-2,4,6-8H,3,5H2,(H,16,18)(H,19,20). The van der Waals surface area contributed by atoms with E-state index in [4.69, 9.17) is 5.11 Å². The van der Waals surface area contributed by atoms with Gasteiger partial charge in [0.1, 0.15) is 5.82 Å². The maximum absolute atomic E-state index is 13.1. The number of nitrogens with zero attached hydrogens (tertiary/aromatic N) is 2. The number of carboxylic acid groups (broad SMARTS) is 1. The van der Waals surface area contributed by atoms with E-state index in [9.17, 15) is 14.0 Å². The molecule has 0 unspecified atom stereocenters. The fourth-order valence-electron chi connectivity index (χ4n) is 1.67. The number of benzene rings is 1. The second-order valence-corrected chi connectivity index (χ2v) is 4.09. The molecule has 104 valence electrons. The number of rotatable bonds is 5. The second kappa shape index (κ2) is 5.96. The predicted molar refractivity (Wildman–Crippen MR) is 68.8 cm³/mol. The molecule has 0 aliphatic rings. The Balaban J connectivity index is 2.03. The van der Waals surface area contributed by atoms with Gasteiger partial charge in [-0.05, 0) is 18.2 Å². The summed E-state index contributed by atoms with van der Waals surface area (Å²) in [5.74, 6) is -2.23. The smallest absolute Gasteiger partial charge is 0.337 e. The highest BCUT2D eigenvalue weighted by molar-refractivity contribution is 6.00. The van der Waals surface area contributed by atoms with Crippen molar-refractivity contribution in [2.45, 2.75) is 13.0 Å². The van der Waals surface area contributed by atoms with Gasteiger partial charge in [-0.2, -0.15) is 0 Å².